The monoisotopic (exact) mass is 323 g/mol. The van der Waals surface area contributed by atoms with Gasteiger partial charge in [-0.3, -0.25) is 14.7 Å². The van der Waals surface area contributed by atoms with Crippen molar-refractivity contribution in [2.45, 2.75) is 19.3 Å². The van der Waals surface area contributed by atoms with Crippen molar-refractivity contribution in [2.75, 3.05) is 13.1 Å². The lowest BCUT2D eigenvalue weighted by Gasteiger charge is -2.16. The fourth-order valence-corrected chi connectivity index (χ4v) is 3.32. The van der Waals surface area contributed by atoms with Gasteiger partial charge in [0.05, 0.1) is 11.6 Å². The molecule has 3 aromatic rings. The first-order chi connectivity index (χ1) is 11.6. The van der Waals surface area contributed by atoms with Gasteiger partial charge >= 0.3 is 0 Å². The van der Waals surface area contributed by atoms with Crippen molar-refractivity contribution in [2.24, 2.45) is 0 Å². The van der Waals surface area contributed by atoms with Crippen molar-refractivity contribution in [1.82, 2.24) is 15.1 Å². The van der Waals surface area contributed by atoms with E-state index >= 15 is 0 Å². The summed E-state index contributed by atoms with van der Waals surface area (Å²) < 4.78 is 5.66. The summed E-state index contributed by atoms with van der Waals surface area (Å²) in [6.45, 7) is 3.24. The van der Waals surface area contributed by atoms with E-state index in [0.717, 1.165) is 17.7 Å². The number of carbonyl (C=O) groups is 1. The highest BCUT2D eigenvalue weighted by molar-refractivity contribution is 5.93. The Morgan fingerprint density at radius 2 is 2.21 bits per heavy atom. The third-order valence-corrected chi connectivity index (χ3v) is 4.60. The molecule has 0 bridgehead atoms. The number of nitrogens with zero attached hydrogens (tertiary/aromatic N) is 2. The number of rotatable bonds is 2. The van der Waals surface area contributed by atoms with Crippen LogP contribution >= 0.6 is 0 Å². The molecule has 1 amide bonds. The van der Waals surface area contributed by atoms with E-state index in [1.54, 1.807) is 35.4 Å². The summed E-state index contributed by atoms with van der Waals surface area (Å²) in [4.78, 5) is 26.6. The van der Waals surface area contributed by atoms with Gasteiger partial charge < -0.3 is 9.32 Å². The summed E-state index contributed by atoms with van der Waals surface area (Å²) in [7, 11) is 0. The second-order valence-corrected chi connectivity index (χ2v) is 6.17. The number of para-hydroxylation sites is 1. The Morgan fingerprint density at radius 1 is 1.38 bits per heavy atom. The van der Waals surface area contributed by atoms with E-state index < -0.39 is 0 Å². The van der Waals surface area contributed by atoms with Crippen molar-refractivity contribution in [1.29, 1.82) is 0 Å². The van der Waals surface area contributed by atoms with Crippen molar-refractivity contribution in [3.05, 3.63) is 63.8 Å². The zero-order chi connectivity index (χ0) is 16.7. The quantitative estimate of drug-likeness (QED) is 0.785. The number of carbonyl (C=O) groups excluding carboxylic acids is 1. The third-order valence-electron chi connectivity index (χ3n) is 4.60. The average molecular weight is 323 g/mol. The standard InChI is InChI=1S/C18H17N3O3/c1-11-9-19-20-17(11)12-6-7-21(10-12)18(23)16-8-14(22)13-4-2-3-5-15(13)24-16/h2-5,8-9,12H,6-7,10H2,1H3,(H,19,20). The molecule has 1 N–H and O–H groups in total. The minimum Gasteiger partial charge on any atom is -0.451 e. The number of H-pyrrole nitrogens is 1. The van der Waals surface area contributed by atoms with Crippen molar-refractivity contribution in [3.63, 3.8) is 0 Å². The van der Waals surface area contributed by atoms with Gasteiger partial charge in [0.25, 0.3) is 5.91 Å². The number of benzene rings is 1. The molecule has 4 rings (SSSR count). The maximum Gasteiger partial charge on any atom is 0.289 e. The Kier molecular flexibility index (Phi) is 3.45. The molecule has 1 aliphatic rings. The molecular formula is C18H17N3O3. The summed E-state index contributed by atoms with van der Waals surface area (Å²) in [6.07, 6.45) is 2.66. The van der Waals surface area contributed by atoms with Crippen LogP contribution in [0, 0.1) is 6.92 Å². The smallest absolute Gasteiger partial charge is 0.289 e. The predicted octanol–water partition coefficient (Wildman–Crippen LogP) is 2.45. The summed E-state index contributed by atoms with van der Waals surface area (Å²) >= 11 is 0. The second-order valence-electron chi connectivity index (χ2n) is 6.17. The van der Waals surface area contributed by atoms with E-state index in [-0.39, 0.29) is 23.0 Å². The number of aromatic nitrogens is 2. The van der Waals surface area contributed by atoms with Crippen LogP contribution in [0.5, 0.6) is 0 Å². The van der Waals surface area contributed by atoms with Gasteiger partial charge in [0.2, 0.25) is 0 Å². The van der Waals surface area contributed by atoms with Gasteiger partial charge in [-0.05, 0) is 31.0 Å². The van der Waals surface area contributed by atoms with Crippen LogP contribution in [0.3, 0.4) is 0 Å². The summed E-state index contributed by atoms with van der Waals surface area (Å²) in [5.41, 5.74) is 2.42. The lowest BCUT2D eigenvalue weighted by atomic mass is 10.0. The number of fused-ring (bicyclic) bond motifs is 1. The minimum absolute atomic E-state index is 0.0979. The van der Waals surface area contributed by atoms with E-state index in [1.807, 2.05) is 6.92 Å². The van der Waals surface area contributed by atoms with Crippen molar-refractivity contribution >= 4 is 16.9 Å². The van der Waals surface area contributed by atoms with Crippen LogP contribution in [0.25, 0.3) is 11.0 Å². The molecule has 3 heterocycles. The van der Waals surface area contributed by atoms with E-state index in [4.69, 9.17) is 4.42 Å². The Labute approximate surface area is 138 Å². The Hall–Kier alpha value is -2.89. The van der Waals surface area contributed by atoms with Gasteiger partial charge in [-0.25, -0.2) is 0 Å². The lowest BCUT2D eigenvalue weighted by Crippen LogP contribution is -2.29. The van der Waals surface area contributed by atoms with Crippen LogP contribution in [0.15, 0.2) is 45.7 Å². The minimum atomic E-state index is -0.238. The summed E-state index contributed by atoms with van der Waals surface area (Å²) in [5, 5.41) is 7.56. The lowest BCUT2D eigenvalue weighted by molar-refractivity contribution is 0.0759. The number of aromatic amines is 1. The summed E-state index contributed by atoms with van der Waals surface area (Å²) in [6, 6.07) is 8.25. The molecule has 1 saturated heterocycles. The predicted molar refractivity (Wildman–Crippen MR) is 89.1 cm³/mol. The molecule has 1 aliphatic heterocycles. The molecular weight excluding hydrogens is 306 g/mol. The molecule has 1 aromatic carbocycles. The Morgan fingerprint density at radius 3 is 3.00 bits per heavy atom. The molecule has 0 radical (unpaired) electrons. The number of nitrogens with one attached hydrogen (secondary N) is 1. The molecule has 0 aliphatic carbocycles. The van der Waals surface area contributed by atoms with Crippen LogP contribution < -0.4 is 5.43 Å². The van der Waals surface area contributed by atoms with Gasteiger partial charge in [-0.1, -0.05) is 12.1 Å². The molecule has 122 valence electrons. The second kappa shape index (κ2) is 5.63. The zero-order valence-corrected chi connectivity index (χ0v) is 13.3. The highest BCUT2D eigenvalue weighted by Gasteiger charge is 2.31. The zero-order valence-electron chi connectivity index (χ0n) is 13.3. The van der Waals surface area contributed by atoms with Crippen molar-refractivity contribution in [3.8, 4) is 0 Å². The maximum absolute atomic E-state index is 12.7. The Balaban J connectivity index is 1.61. The molecule has 1 atom stereocenters. The molecule has 6 nitrogen and oxygen atoms in total. The Bertz CT molecular complexity index is 973. The number of amides is 1. The number of aryl methyl sites for hydroxylation is 1. The molecule has 1 fully saturated rings. The van der Waals surface area contributed by atoms with Crippen LogP contribution in [0.1, 0.15) is 34.2 Å². The van der Waals surface area contributed by atoms with Gasteiger partial charge in [0.15, 0.2) is 11.2 Å². The van der Waals surface area contributed by atoms with E-state index in [2.05, 4.69) is 10.2 Å². The van der Waals surface area contributed by atoms with Crippen LogP contribution in [0.2, 0.25) is 0 Å². The number of likely N-dealkylation sites (tertiary alicyclic amines) is 1. The molecule has 0 saturated carbocycles. The summed E-state index contributed by atoms with van der Waals surface area (Å²) in [5.74, 6) is 0.0989. The normalized spacial score (nSPS) is 17.5. The first-order valence-electron chi connectivity index (χ1n) is 7.95. The topological polar surface area (TPSA) is 79.2 Å². The molecule has 6 heteroatoms. The molecule has 24 heavy (non-hydrogen) atoms. The molecule has 0 spiro atoms. The fraction of sp³-hybridized carbons (Fsp3) is 0.278. The first-order valence-corrected chi connectivity index (χ1v) is 7.95. The third kappa shape index (κ3) is 2.40. The largest absolute Gasteiger partial charge is 0.451 e. The highest BCUT2D eigenvalue weighted by Crippen LogP contribution is 2.28. The van der Waals surface area contributed by atoms with E-state index in [0.29, 0.717) is 24.1 Å². The van der Waals surface area contributed by atoms with Crippen LogP contribution in [0.4, 0.5) is 0 Å². The van der Waals surface area contributed by atoms with Gasteiger partial charge in [-0.2, -0.15) is 5.10 Å². The van der Waals surface area contributed by atoms with Gasteiger partial charge in [-0.15, -0.1) is 0 Å². The first kappa shape index (κ1) is 14.7. The van der Waals surface area contributed by atoms with Crippen LogP contribution in [-0.2, 0) is 0 Å². The average Bonchev–Trinajstić information content (AvgIpc) is 3.22. The molecule has 1 unspecified atom stereocenters. The highest BCUT2D eigenvalue weighted by atomic mass is 16.3. The maximum atomic E-state index is 12.7. The SMILES string of the molecule is Cc1cn[nH]c1C1CCN(C(=O)c2cc(=O)c3ccccc3o2)C1. The number of hydrogen-bond donors (Lipinski definition) is 1. The van der Waals surface area contributed by atoms with Gasteiger partial charge in [0, 0.05) is 30.8 Å². The van der Waals surface area contributed by atoms with E-state index in [9.17, 15) is 9.59 Å². The van der Waals surface area contributed by atoms with E-state index in [1.165, 1.54) is 6.07 Å². The van der Waals surface area contributed by atoms with Crippen LogP contribution in [-0.4, -0.2) is 34.1 Å². The van der Waals surface area contributed by atoms with Gasteiger partial charge in [0.1, 0.15) is 5.58 Å². The fourth-order valence-electron chi connectivity index (χ4n) is 3.32. The number of hydrogen-bond acceptors (Lipinski definition) is 4. The molecule has 2 aromatic heterocycles. The van der Waals surface area contributed by atoms with Crippen molar-refractivity contribution < 1.29 is 9.21 Å².